The van der Waals surface area contributed by atoms with Gasteiger partial charge in [0.2, 0.25) is 0 Å². The zero-order valence-electron chi connectivity index (χ0n) is 14.3. The minimum absolute atomic E-state index is 0.0271. The Morgan fingerprint density at radius 1 is 1.17 bits per heavy atom. The molecule has 0 spiro atoms. The number of aliphatic imine (C=N–C) groups is 1. The molecule has 1 aromatic carbocycles. The average Bonchev–Trinajstić information content (AvgIpc) is 2.60. The summed E-state index contributed by atoms with van der Waals surface area (Å²) in [6.45, 7) is 4.85. The third kappa shape index (κ3) is 2.46. The molecule has 1 aliphatic carbocycles. The zero-order valence-corrected chi connectivity index (χ0v) is 14.3. The van der Waals surface area contributed by atoms with E-state index >= 15 is 0 Å². The van der Waals surface area contributed by atoms with Gasteiger partial charge in [-0.25, -0.2) is 0 Å². The molecule has 3 aliphatic rings. The quantitative estimate of drug-likeness (QED) is 0.878. The number of benzene rings is 1. The highest BCUT2D eigenvalue weighted by Crippen LogP contribution is 2.42. The van der Waals surface area contributed by atoms with E-state index in [1.807, 2.05) is 0 Å². The van der Waals surface area contributed by atoms with E-state index in [-0.39, 0.29) is 11.7 Å². The molecular formula is C20H23N3O. The Hall–Kier alpha value is -2.36. The van der Waals surface area contributed by atoms with Crippen LogP contribution >= 0.6 is 0 Å². The summed E-state index contributed by atoms with van der Waals surface area (Å²) in [7, 11) is 0. The van der Waals surface area contributed by atoms with Gasteiger partial charge < -0.3 is 10.6 Å². The van der Waals surface area contributed by atoms with Crippen molar-refractivity contribution in [2.75, 3.05) is 6.54 Å². The molecular weight excluding hydrogens is 298 g/mol. The van der Waals surface area contributed by atoms with Crippen LogP contribution in [0.1, 0.15) is 49.7 Å². The van der Waals surface area contributed by atoms with Crippen molar-refractivity contribution in [1.82, 2.24) is 10.6 Å². The highest BCUT2D eigenvalue weighted by Gasteiger charge is 2.37. The average molecular weight is 321 g/mol. The molecule has 0 bridgehead atoms. The molecule has 4 heteroatoms. The van der Waals surface area contributed by atoms with Gasteiger partial charge in [0, 0.05) is 35.6 Å². The highest BCUT2D eigenvalue weighted by molar-refractivity contribution is 6.00. The number of carbonyl (C=O) groups is 1. The van der Waals surface area contributed by atoms with Crippen molar-refractivity contribution >= 4 is 11.6 Å². The predicted molar refractivity (Wildman–Crippen MR) is 95.7 cm³/mol. The topological polar surface area (TPSA) is 53.5 Å². The molecule has 1 aromatic rings. The maximum atomic E-state index is 12.7. The number of allylic oxidation sites excluding steroid dienone is 2. The van der Waals surface area contributed by atoms with Crippen LogP contribution in [0.4, 0.5) is 0 Å². The fraction of sp³-hybridized carbons (Fsp3) is 0.400. The standard InChI is InChI=1S/C20H23N3O/c1-3-17-21-11-14-18(13-9-7-12(2)8-10-13)19-15(22-20(14)23-17)5-4-6-16(19)24/h7-10,18,22H,3-6,11H2,1-2H3,(H,21,23). The van der Waals surface area contributed by atoms with Gasteiger partial charge in [-0.2, -0.15) is 0 Å². The number of carbonyl (C=O) groups excluding carboxylic acids is 1. The first-order valence-corrected chi connectivity index (χ1v) is 8.80. The van der Waals surface area contributed by atoms with Gasteiger partial charge in [-0.05, 0) is 25.3 Å². The number of dihydropyridines is 1. The third-order valence-electron chi connectivity index (χ3n) is 5.15. The van der Waals surface area contributed by atoms with Crippen molar-refractivity contribution in [2.45, 2.75) is 45.4 Å². The Labute approximate surface area is 142 Å². The van der Waals surface area contributed by atoms with Crippen molar-refractivity contribution in [3.8, 4) is 0 Å². The molecule has 0 amide bonds. The summed E-state index contributed by atoms with van der Waals surface area (Å²) in [6, 6.07) is 8.56. The van der Waals surface area contributed by atoms with Crippen LogP contribution in [0.2, 0.25) is 0 Å². The molecule has 0 aromatic heterocycles. The third-order valence-corrected chi connectivity index (χ3v) is 5.15. The molecule has 0 fully saturated rings. The first-order valence-electron chi connectivity index (χ1n) is 8.80. The molecule has 2 N–H and O–H groups in total. The van der Waals surface area contributed by atoms with E-state index in [1.54, 1.807) is 0 Å². The summed E-state index contributed by atoms with van der Waals surface area (Å²) in [4.78, 5) is 17.4. The molecule has 2 aliphatic heterocycles. The van der Waals surface area contributed by atoms with Crippen molar-refractivity contribution in [3.63, 3.8) is 0 Å². The van der Waals surface area contributed by atoms with Crippen LogP contribution in [0.3, 0.4) is 0 Å². The lowest BCUT2D eigenvalue weighted by molar-refractivity contribution is -0.116. The molecule has 124 valence electrons. The first-order chi connectivity index (χ1) is 11.7. The maximum absolute atomic E-state index is 12.7. The second-order valence-electron chi connectivity index (χ2n) is 6.78. The largest absolute Gasteiger partial charge is 0.345 e. The second kappa shape index (κ2) is 5.93. The van der Waals surface area contributed by atoms with Gasteiger partial charge in [0.15, 0.2) is 5.78 Å². The summed E-state index contributed by atoms with van der Waals surface area (Å²) in [6.07, 6.45) is 3.42. The van der Waals surface area contributed by atoms with Gasteiger partial charge >= 0.3 is 0 Å². The summed E-state index contributed by atoms with van der Waals surface area (Å²) in [5, 5.41) is 6.95. The minimum Gasteiger partial charge on any atom is -0.345 e. The summed E-state index contributed by atoms with van der Waals surface area (Å²) in [5.41, 5.74) is 5.67. The summed E-state index contributed by atoms with van der Waals surface area (Å²) < 4.78 is 0. The summed E-state index contributed by atoms with van der Waals surface area (Å²) in [5.74, 6) is 2.36. The van der Waals surface area contributed by atoms with Crippen LogP contribution in [0.15, 0.2) is 51.9 Å². The number of aryl methyl sites for hydroxylation is 1. The zero-order chi connectivity index (χ0) is 16.7. The smallest absolute Gasteiger partial charge is 0.161 e. The van der Waals surface area contributed by atoms with Crippen LogP contribution in [0, 0.1) is 6.92 Å². The molecule has 1 unspecified atom stereocenters. The molecule has 0 radical (unpaired) electrons. The first kappa shape index (κ1) is 15.2. The van der Waals surface area contributed by atoms with Crippen LogP contribution in [0.5, 0.6) is 0 Å². The number of nitrogens with one attached hydrogen (secondary N) is 2. The summed E-state index contributed by atoms with van der Waals surface area (Å²) >= 11 is 0. The van der Waals surface area contributed by atoms with E-state index in [9.17, 15) is 4.79 Å². The SMILES string of the molecule is CCC1=NCC2=C(N1)NC1=C(C(=O)CCC1)C2c1ccc(C)cc1. The number of hydrogen-bond donors (Lipinski definition) is 2. The Bertz CT molecular complexity index is 784. The Balaban J connectivity index is 1.82. The van der Waals surface area contributed by atoms with Gasteiger partial charge in [0.05, 0.1) is 6.54 Å². The highest BCUT2D eigenvalue weighted by atomic mass is 16.1. The van der Waals surface area contributed by atoms with E-state index in [0.717, 1.165) is 42.2 Å². The van der Waals surface area contributed by atoms with Gasteiger partial charge in [-0.1, -0.05) is 36.8 Å². The monoisotopic (exact) mass is 321 g/mol. The fourth-order valence-corrected chi connectivity index (χ4v) is 3.85. The number of Topliss-reactive ketones (excluding diaryl/α,β-unsaturated/α-hetero) is 1. The molecule has 1 atom stereocenters. The number of nitrogens with zero attached hydrogens (tertiary/aromatic N) is 1. The Morgan fingerprint density at radius 2 is 1.96 bits per heavy atom. The van der Waals surface area contributed by atoms with Crippen molar-refractivity contribution in [3.05, 3.63) is 58.1 Å². The fourth-order valence-electron chi connectivity index (χ4n) is 3.85. The van der Waals surface area contributed by atoms with Gasteiger partial charge in [0.1, 0.15) is 11.7 Å². The second-order valence-corrected chi connectivity index (χ2v) is 6.78. The van der Waals surface area contributed by atoms with E-state index in [1.165, 1.54) is 16.7 Å². The van der Waals surface area contributed by atoms with Crippen LogP contribution in [-0.2, 0) is 4.79 Å². The number of amidine groups is 1. The molecule has 2 heterocycles. The molecule has 24 heavy (non-hydrogen) atoms. The van der Waals surface area contributed by atoms with Gasteiger partial charge in [-0.15, -0.1) is 0 Å². The minimum atomic E-state index is 0.0271. The van der Waals surface area contributed by atoms with Crippen LogP contribution in [0.25, 0.3) is 0 Å². The Morgan fingerprint density at radius 3 is 2.71 bits per heavy atom. The number of hydrogen-bond acceptors (Lipinski definition) is 4. The van der Waals surface area contributed by atoms with E-state index < -0.39 is 0 Å². The van der Waals surface area contributed by atoms with Gasteiger partial charge in [0.25, 0.3) is 0 Å². The Kier molecular flexibility index (Phi) is 3.75. The lowest BCUT2D eigenvalue weighted by Gasteiger charge is -2.37. The molecule has 0 saturated carbocycles. The molecule has 4 rings (SSSR count). The molecule has 4 nitrogen and oxygen atoms in total. The van der Waals surface area contributed by atoms with E-state index in [0.29, 0.717) is 13.0 Å². The van der Waals surface area contributed by atoms with E-state index in [4.69, 9.17) is 0 Å². The predicted octanol–water partition coefficient (Wildman–Crippen LogP) is 3.31. The number of rotatable bonds is 2. The normalized spacial score (nSPS) is 23.2. The van der Waals surface area contributed by atoms with Crippen molar-refractivity contribution in [1.29, 1.82) is 0 Å². The lowest BCUT2D eigenvalue weighted by Crippen LogP contribution is -2.42. The van der Waals surface area contributed by atoms with Gasteiger partial charge in [-0.3, -0.25) is 9.79 Å². The lowest BCUT2D eigenvalue weighted by atomic mass is 9.75. The van der Waals surface area contributed by atoms with Crippen LogP contribution < -0.4 is 10.6 Å². The van der Waals surface area contributed by atoms with Crippen LogP contribution in [-0.4, -0.2) is 18.2 Å². The van der Waals surface area contributed by atoms with Crippen molar-refractivity contribution < 1.29 is 4.79 Å². The molecule has 0 saturated heterocycles. The van der Waals surface area contributed by atoms with Crippen molar-refractivity contribution in [2.24, 2.45) is 4.99 Å². The maximum Gasteiger partial charge on any atom is 0.161 e. The van der Waals surface area contributed by atoms with E-state index in [2.05, 4.69) is 53.7 Å². The number of ketones is 1.